The molecule has 4 nitrogen and oxygen atoms in total. The van der Waals surface area contributed by atoms with Gasteiger partial charge in [0.25, 0.3) is 0 Å². The van der Waals surface area contributed by atoms with Gasteiger partial charge in [-0.15, -0.1) is 0 Å². The highest BCUT2D eigenvalue weighted by Crippen LogP contribution is 2.07. The zero-order valence-electron chi connectivity index (χ0n) is 11.5. The molecule has 2 N–H and O–H groups in total. The Morgan fingerprint density at radius 3 is 2.75 bits per heavy atom. The maximum atomic E-state index is 13.3. The summed E-state index contributed by atoms with van der Waals surface area (Å²) in [4.78, 5) is 13.7. The summed E-state index contributed by atoms with van der Waals surface area (Å²) in [7, 11) is 1.69. The molecule has 0 radical (unpaired) electrons. The van der Waals surface area contributed by atoms with E-state index in [4.69, 9.17) is 22.7 Å². The number of carbonyl (C=O) groups excluding carboxylic acids is 1. The van der Waals surface area contributed by atoms with Crippen molar-refractivity contribution in [1.82, 2.24) is 4.90 Å². The molecule has 0 heterocycles. The van der Waals surface area contributed by atoms with E-state index in [1.807, 2.05) is 0 Å². The van der Waals surface area contributed by atoms with Gasteiger partial charge in [-0.2, -0.15) is 0 Å². The number of thiocarbonyl (C=S) groups is 1. The topological polar surface area (TPSA) is 55.6 Å². The van der Waals surface area contributed by atoms with Crippen LogP contribution in [-0.4, -0.2) is 36.0 Å². The lowest BCUT2D eigenvalue weighted by molar-refractivity contribution is -0.131. The van der Waals surface area contributed by atoms with E-state index in [0.29, 0.717) is 23.5 Å². The molecule has 0 spiro atoms. The van der Waals surface area contributed by atoms with Crippen LogP contribution >= 0.6 is 12.2 Å². The van der Waals surface area contributed by atoms with E-state index in [1.54, 1.807) is 30.1 Å². The molecule has 0 saturated heterocycles. The van der Waals surface area contributed by atoms with Gasteiger partial charge in [0.1, 0.15) is 5.82 Å². The fourth-order valence-corrected chi connectivity index (χ4v) is 1.64. The van der Waals surface area contributed by atoms with Gasteiger partial charge < -0.3 is 15.4 Å². The quantitative estimate of drug-likeness (QED) is 0.588. The van der Waals surface area contributed by atoms with Gasteiger partial charge in [-0.05, 0) is 6.07 Å². The Balaban J connectivity index is 2.22. The highest BCUT2D eigenvalue weighted by Gasteiger charge is 2.09. The Morgan fingerprint density at radius 2 is 2.10 bits per heavy atom. The van der Waals surface area contributed by atoms with Gasteiger partial charge in [-0.3, -0.25) is 4.79 Å². The SMILES string of the molecule is CN(CCC(N)=S)C(=O)CCOCc1ccccc1F. The van der Waals surface area contributed by atoms with Crippen LogP contribution in [0.1, 0.15) is 18.4 Å². The summed E-state index contributed by atoms with van der Waals surface area (Å²) in [5, 5.41) is 0. The van der Waals surface area contributed by atoms with Gasteiger partial charge >= 0.3 is 0 Å². The minimum absolute atomic E-state index is 0.0465. The molecule has 0 aliphatic rings. The first-order valence-electron chi connectivity index (χ1n) is 6.34. The van der Waals surface area contributed by atoms with Crippen LogP contribution in [0.5, 0.6) is 0 Å². The van der Waals surface area contributed by atoms with E-state index in [9.17, 15) is 9.18 Å². The van der Waals surface area contributed by atoms with Crippen molar-refractivity contribution in [3.63, 3.8) is 0 Å². The number of benzene rings is 1. The Kier molecular flexibility index (Phi) is 7.11. The van der Waals surface area contributed by atoms with Crippen molar-refractivity contribution in [3.05, 3.63) is 35.6 Å². The second-order valence-electron chi connectivity index (χ2n) is 4.43. The van der Waals surface area contributed by atoms with Crippen LogP contribution in [0.2, 0.25) is 0 Å². The van der Waals surface area contributed by atoms with Crippen LogP contribution in [0.3, 0.4) is 0 Å². The van der Waals surface area contributed by atoms with Crippen molar-refractivity contribution < 1.29 is 13.9 Å². The normalized spacial score (nSPS) is 10.3. The first kappa shape index (κ1) is 16.5. The minimum Gasteiger partial charge on any atom is -0.393 e. The molecule has 0 aromatic heterocycles. The third kappa shape index (κ3) is 6.08. The summed E-state index contributed by atoms with van der Waals surface area (Å²) in [6.45, 7) is 0.919. The highest BCUT2D eigenvalue weighted by molar-refractivity contribution is 7.80. The molecule has 0 bridgehead atoms. The van der Waals surface area contributed by atoms with Crippen molar-refractivity contribution in [3.8, 4) is 0 Å². The van der Waals surface area contributed by atoms with E-state index < -0.39 is 0 Å². The van der Waals surface area contributed by atoms with Gasteiger partial charge in [0.05, 0.1) is 24.6 Å². The standard InChI is InChI=1S/C14H19FN2O2S/c1-17(8-6-13(16)20)14(18)7-9-19-10-11-4-2-3-5-12(11)15/h2-5H,6-10H2,1H3,(H2,16,20). The third-order valence-electron chi connectivity index (χ3n) is 2.80. The fraction of sp³-hybridized carbons (Fsp3) is 0.429. The van der Waals surface area contributed by atoms with E-state index in [1.165, 1.54) is 6.07 Å². The number of halogens is 1. The predicted molar refractivity (Wildman–Crippen MR) is 79.7 cm³/mol. The van der Waals surface area contributed by atoms with Crippen molar-refractivity contribution in [1.29, 1.82) is 0 Å². The first-order valence-corrected chi connectivity index (χ1v) is 6.75. The maximum absolute atomic E-state index is 13.3. The van der Waals surface area contributed by atoms with Crippen LogP contribution in [0.15, 0.2) is 24.3 Å². The summed E-state index contributed by atoms with van der Waals surface area (Å²) in [5.74, 6) is -0.345. The molecule has 1 aromatic carbocycles. The number of rotatable bonds is 8. The molecule has 0 aliphatic carbocycles. The molecule has 0 aliphatic heterocycles. The number of nitrogens with two attached hydrogens (primary N) is 1. The predicted octanol–water partition coefficient (Wildman–Crippen LogP) is 1.87. The number of amides is 1. The smallest absolute Gasteiger partial charge is 0.224 e. The van der Waals surface area contributed by atoms with Crippen molar-refractivity contribution in [2.75, 3.05) is 20.2 Å². The van der Waals surface area contributed by atoms with E-state index in [-0.39, 0.29) is 31.4 Å². The minimum atomic E-state index is -0.299. The Morgan fingerprint density at radius 1 is 1.40 bits per heavy atom. The summed E-state index contributed by atoms with van der Waals surface area (Å²) in [5.41, 5.74) is 5.86. The van der Waals surface area contributed by atoms with Crippen molar-refractivity contribution in [2.24, 2.45) is 5.73 Å². The van der Waals surface area contributed by atoms with Crippen LogP contribution < -0.4 is 5.73 Å². The molecule has 0 unspecified atom stereocenters. The van der Waals surface area contributed by atoms with E-state index in [0.717, 1.165) is 0 Å². The molecular weight excluding hydrogens is 279 g/mol. The number of nitrogens with zero attached hydrogens (tertiary/aromatic N) is 1. The summed E-state index contributed by atoms with van der Waals surface area (Å²) in [6.07, 6.45) is 0.760. The molecule has 20 heavy (non-hydrogen) atoms. The summed E-state index contributed by atoms with van der Waals surface area (Å²) < 4.78 is 18.6. The van der Waals surface area contributed by atoms with Crippen LogP contribution in [0.4, 0.5) is 4.39 Å². The second-order valence-corrected chi connectivity index (χ2v) is 4.95. The zero-order chi connectivity index (χ0) is 15.0. The van der Waals surface area contributed by atoms with Crippen molar-refractivity contribution >= 4 is 23.1 Å². The largest absolute Gasteiger partial charge is 0.393 e. The van der Waals surface area contributed by atoms with Crippen LogP contribution in [-0.2, 0) is 16.1 Å². The van der Waals surface area contributed by atoms with Gasteiger partial charge in [-0.25, -0.2) is 4.39 Å². The Labute approximate surface area is 123 Å². The highest BCUT2D eigenvalue weighted by atomic mass is 32.1. The fourth-order valence-electron chi connectivity index (χ4n) is 1.55. The molecule has 0 saturated carbocycles. The van der Waals surface area contributed by atoms with Gasteiger partial charge in [0, 0.05) is 25.6 Å². The zero-order valence-corrected chi connectivity index (χ0v) is 12.3. The number of carbonyl (C=O) groups is 1. The molecular formula is C14H19FN2O2S. The molecule has 1 aromatic rings. The molecule has 110 valence electrons. The van der Waals surface area contributed by atoms with Crippen molar-refractivity contribution in [2.45, 2.75) is 19.4 Å². The Hall–Kier alpha value is -1.53. The summed E-state index contributed by atoms with van der Waals surface area (Å²) in [6, 6.07) is 6.41. The van der Waals surface area contributed by atoms with Gasteiger partial charge in [0.2, 0.25) is 5.91 Å². The third-order valence-corrected chi connectivity index (χ3v) is 3.00. The lowest BCUT2D eigenvalue weighted by Crippen LogP contribution is -2.30. The van der Waals surface area contributed by atoms with Crippen LogP contribution in [0.25, 0.3) is 0 Å². The van der Waals surface area contributed by atoms with E-state index in [2.05, 4.69) is 0 Å². The monoisotopic (exact) mass is 298 g/mol. The van der Waals surface area contributed by atoms with Crippen LogP contribution in [0, 0.1) is 5.82 Å². The average molecular weight is 298 g/mol. The van der Waals surface area contributed by atoms with Gasteiger partial charge in [0.15, 0.2) is 0 Å². The molecule has 0 atom stereocenters. The second kappa shape index (κ2) is 8.60. The first-order chi connectivity index (χ1) is 9.50. The van der Waals surface area contributed by atoms with E-state index >= 15 is 0 Å². The number of hydrogen-bond acceptors (Lipinski definition) is 3. The number of hydrogen-bond donors (Lipinski definition) is 1. The number of ether oxygens (including phenoxy) is 1. The lowest BCUT2D eigenvalue weighted by Gasteiger charge is -2.16. The summed E-state index contributed by atoms with van der Waals surface area (Å²) >= 11 is 4.75. The Bertz CT molecular complexity index is 468. The lowest BCUT2D eigenvalue weighted by atomic mass is 10.2. The molecule has 6 heteroatoms. The molecule has 1 rings (SSSR count). The molecule has 0 fully saturated rings. The average Bonchev–Trinajstić information content (AvgIpc) is 2.42. The molecule has 1 amide bonds. The maximum Gasteiger partial charge on any atom is 0.224 e. The van der Waals surface area contributed by atoms with Gasteiger partial charge in [-0.1, -0.05) is 30.4 Å².